The number of rotatable bonds is 3. The minimum atomic E-state index is -1.24. The van der Waals surface area contributed by atoms with Crippen molar-refractivity contribution in [3.63, 3.8) is 0 Å². The Kier molecular flexibility index (Phi) is 4.46. The number of imide groups is 2. The van der Waals surface area contributed by atoms with Crippen molar-refractivity contribution >= 4 is 17.8 Å². The van der Waals surface area contributed by atoms with Crippen LogP contribution in [0.2, 0.25) is 0 Å². The Morgan fingerprint density at radius 3 is 2.15 bits per heavy atom. The maximum Gasteiger partial charge on any atom is 0.332 e. The van der Waals surface area contributed by atoms with Crippen LogP contribution in [0.25, 0.3) is 0 Å². The van der Waals surface area contributed by atoms with Gasteiger partial charge in [-0.25, -0.2) is 14.1 Å². The second-order valence-electron chi connectivity index (χ2n) is 6.70. The van der Waals surface area contributed by atoms with Gasteiger partial charge in [-0.05, 0) is 11.6 Å². The molecule has 2 aromatic heterocycles. The Labute approximate surface area is 156 Å². The Bertz CT molecular complexity index is 887. The van der Waals surface area contributed by atoms with Crippen molar-refractivity contribution in [1.82, 2.24) is 19.4 Å². The summed E-state index contributed by atoms with van der Waals surface area (Å²) < 4.78 is 2.42. The lowest BCUT2D eigenvalue weighted by molar-refractivity contribution is -0.621. The highest BCUT2D eigenvalue weighted by Gasteiger charge is 2.51. The quantitative estimate of drug-likeness (QED) is 0.443. The second-order valence-corrected chi connectivity index (χ2v) is 6.70. The number of aromatic nitrogens is 3. The van der Waals surface area contributed by atoms with Crippen LogP contribution in [-0.2, 0) is 16.6 Å². The fourth-order valence-electron chi connectivity index (χ4n) is 3.48. The van der Waals surface area contributed by atoms with E-state index in [2.05, 4.69) is 4.98 Å². The Morgan fingerprint density at radius 2 is 1.70 bits per heavy atom. The zero-order chi connectivity index (χ0) is 20.0. The molecule has 1 atom stereocenters. The minimum absolute atomic E-state index is 0.251. The smallest absolute Gasteiger partial charge is 0.332 e. The van der Waals surface area contributed by atoms with Crippen LogP contribution in [0.5, 0.6) is 0 Å². The number of hydrogen-bond donors (Lipinski definition) is 0. The van der Waals surface area contributed by atoms with Gasteiger partial charge in [0.1, 0.15) is 23.2 Å². The maximum atomic E-state index is 12.9. The first kappa shape index (κ1) is 18.6. The molecule has 0 spiro atoms. The van der Waals surface area contributed by atoms with Gasteiger partial charge in [0.2, 0.25) is 11.8 Å². The molecule has 0 radical (unpaired) electrons. The summed E-state index contributed by atoms with van der Waals surface area (Å²) in [6.07, 6.45) is 3.10. The predicted molar refractivity (Wildman–Crippen MR) is 94.4 cm³/mol. The molecule has 0 N–H and O–H groups in total. The third-order valence-electron chi connectivity index (χ3n) is 5.31. The van der Waals surface area contributed by atoms with Crippen LogP contribution < -0.4 is 4.73 Å². The van der Waals surface area contributed by atoms with Crippen molar-refractivity contribution in [1.29, 1.82) is 0 Å². The number of hydrogen-bond acceptors (Lipinski definition) is 5. The van der Waals surface area contributed by atoms with Gasteiger partial charge in [-0.3, -0.25) is 24.4 Å². The number of carbonyl (C=O) groups excluding carboxylic acids is 3. The van der Waals surface area contributed by atoms with Gasteiger partial charge in [-0.1, -0.05) is 6.07 Å². The van der Waals surface area contributed by atoms with Gasteiger partial charge in [0, 0.05) is 40.3 Å². The number of amides is 4. The summed E-state index contributed by atoms with van der Waals surface area (Å²) in [6, 6.07) is 2.70. The summed E-state index contributed by atoms with van der Waals surface area (Å²) in [5.41, 5.74) is 1.75. The lowest BCUT2D eigenvalue weighted by atomic mass is 9.83. The summed E-state index contributed by atoms with van der Waals surface area (Å²) in [4.78, 5) is 43.8. The normalized spacial score (nSPS) is 17.0. The molecule has 1 aliphatic heterocycles. The highest BCUT2D eigenvalue weighted by atomic mass is 16.5. The molecule has 1 fully saturated rings. The highest BCUT2D eigenvalue weighted by molar-refractivity contribution is 6.16. The van der Waals surface area contributed by atoms with Crippen LogP contribution in [-0.4, -0.2) is 51.3 Å². The first-order valence-electron chi connectivity index (χ1n) is 8.42. The third-order valence-corrected chi connectivity index (χ3v) is 5.31. The van der Waals surface area contributed by atoms with Crippen molar-refractivity contribution < 1.29 is 19.1 Å². The lowest BCUT2D eigenvalue weighted by Gasteiger charge is -2.35. The van der Waals surface area contributed by atoms with Gasteiger partial charge in [0.05, 0.1) is 7.05 Å². The summed E-state index contributed by atoms with van der Waals surface area (Å²) >= 11 is 0. The van der Waals surface area contributed by atoms with Gasteiger partial charge in [0.15, 0.2) is 0 Å². The summed E-state index contributed by atoms with van der Waals surface area (Å²) in [5, 5.41) is 12.9. The van der Waals surface area contributed by atoms with E-state index in [9.17, 15) is 19.6 Å². The molecule has 0 saturated carbocycles. The van der Waals surface area contributed by atoms with E-state index in [0.717, 1.165) is 20.2 Å². The van der Waals surface area contributed by atoms with Crippen molar-refractivity contribution in [2.75, 3.05) is 14.1 Å². The molecule has 3 rings (SSSR count). The van der Waals surface area contributed by atoms with Gasteiger partial charge >= 0.3 is 6.03 Å². The van der Waals surface area contributed by atoms with E-state index in [1.807, 2.05) is 0 Å². The Balaban J connectivity index is 2.27. The number of barbiturate groups is 1. The van der Waals surface area contributed by atoms with Crippen molar-refractivity contribution in [2.45, 2.75) is 19.8 Å². The average Bonchev–Trinajstić information content (AvgIpc) is 2.86. The largest absolute Gasteiger partial charge is 0.711 e. The van der Waals surface area contributed by atoms with E-state index in [-0.39, 0.29) is 5.82 Å². The van der Waals surface area contributed by atoms with E-state index in [1.165, 1.54) is 20.3 Å². The molecule has 9 heteroatoms. The van der Waals surface area contributed by atoms with Crippen molar-refractivity contribution in [3.8, 4) is 0 Å². The fourth-order valence-corrected chi connectivity index (χ4v) is 3.48. The van der Waals surface area contributed by atoms with Crippen LogP contribution in [0.3, 0.4) is 0 Å². The van der Waals surface area contributed by atoms with Gasteiger partial charge in [0.25, 0.3) is 5.82 Å². The van der Waals surface area contributed by atoms with Crippen molar-refractivity contribution in [2.24, 2.45) is 13.0 Å². The SMILES string of the molecule is Cc1c(C)[n+]([O-])c(C(c2cccnc2)C2C(=O)N(C)C(=O)N(C)C2=O)n1C. The molecule has 1 saturated heterocycles. The molecular formula is C18H21N5O4. The van der Waals surface area contributed by atoms with Crippen LogP contribution >= 0.6 is 0 Å². The number of urea groups is 1. The Morgan fingerprint density at radius 1 is 1.11 bits per heavy atom. The number of imidazole rings is 1. The first-order chi connectivity index (χ1) is 12.7. The molecule has 3 heterocycles. The van der Waals surface area contributed by atoms with Crippen LogP contribution in [0.1, 0.15) is 28.7 Å². The lowest BCUT2D eigenvalue weighted by Crippen LogP contribution is -2.59. The van der Waals surface area contributed by atoms with E-state index in [1.54, 1.807) is 43.8 Å². The molecule has 1 aliphatic rings. The number of nitrogens with zero attached hydrogens (tertiary/aromatic N) is 5. The van der Waals surface area contributed by atoms with Crippen LogP contribution in [0, 0.1) is 25.0 Å². The monoisotopic (exact) mass is 371 g/mol. The van der Waals surface area contributed by atoms with Gasteiger partial charge in [-0.2, -0.15) is 0 Å². The molecule has 2 aromatic rings. The van der Waals surface area contributed by atoms with E-state index < -0.39 is 29.7 Å². The molecule has 0 aliphatic carbocycles. The second kappa shape index (κ2) is 6.49. The predicted octanol–water partition coefficient (Wildman–Crippen LogP) is 0.469. The number of pyridine rings is 1. The topological polar surface area (TPSA) is 102 Å². The number of carbonyl (C=O) groups is 3. The van der Waals surface area contributed by atoms with E-state index >= 15 is 0 Å². The molecule has 0 bridgehead atoms. The fraction of sp³-hybridized carbons (Fsp3) is 0.389. The molecular weight excluding hydrogens is 350 g/mol. The molecule has 9 nitrogen and oxygen atoms in total. The summed E-state index contributed by atoms with van der Waals surface area (Å²) in [5.74, 6) is -3.16. The summed E-state index contributed by atoms with van der Waals surface area (Å²) in [7, 11) is 4.37. The molecule has 27 heavy (non-hydrogen) atoms. The highest BCUT2D eigenvalue weighted by Crippen LogP contribution is 2.35. The van der Waals surface area contributed by atoms with Gasteiger partial charge < -0.3 is 5.21 Å². The zero-order valence-electron chi connectivity index (χ0n) is 15.8. The maximum absolute atomic E-state index is 12.9. The first-order valence-corrected chi connectivity index (χ1v) is 8.42. The molecule has 1 unspecified atom stereocenters. The third kappa shape index (κ3) is 2.66. The minimum Gasteiger partial charge on any atom is -0.711 e. The molecule has 0 aromatic carbocycles. The van der Waals surface area contributed by atoms with Gasteiger partial charge in [-0.15, -0.1) is 0 Å². The standard InChI is InChI=1S/C18H21N5O4/c1-10-11(2)23(27)15(20(10)3)13(12-7-6-8-19-9-12)14-16(24)21(4)18(26)22(5)17(14)25/h6-9,13-14H,1-5H3. The molecule has 142 valence electrons. The van der Waals surface area contributed by atoms with Crippen molar-refractivity contribution in [3.05, 3.63) is 52.5 Å². The van der Waals surface area contributed by atoms with Crippen LogP contribution in [0.4, 0.5) is 4.79 Å². The van der Waals surface area contributed by atoms with E-state index in [0.29, 0.717) is 11.3 Å². The summed E-state index contributed by atoms with van der Waals surface area (Å²) in [6.45, 7) is 3.47. The zero-order valence-corrected chi connectivity index (χ0v) is 15.8. The average molecular weight is 371 g/mol. The van der Waals surface area contributed by atoms with Crippen LogP contribution in [0.15, 0.2) is 24.5 Å². The molecule has 4 amide bonds. The van der Waals surface area contributed by atoms with E-state index in [4.69, 9.17) is 0 Å². The Hall–Kier alpha value is -3.23.